The SMILES string of the molecule is O=C(OCc1ccccc1)N1CCCC[C@@H]1c1cccnc1N1CCCCCC1. The highest BCUT2D eigenvalue weighted by Crippen LogP contribution is 2.36. The van der Waals surface area contributed by atoms with Crippen LogP contribution in [0.2, 0.25) is 0 Å². The lowest BCUT2D eigenvalue weighted by Crippen LogP contribution is -2.40. The van der Waals surface area contributed by atoms with Gasteiger partial charge in [-0.05, 0) is 43.7 Å². The summed E-state index contributed by atoms with van der Waals surface area (Å²) in [5, 5.41) is 0. The Labute approximate surface area is 173 Å². The number of nitrogens with zero attached hydrogens (tertiary/aromatic N) is 3. The molecule has 2 aliphatic heterocycles. The van der Waals surface area contributed by atoms with Crippen molar-refractivity contribution in [1.82, 2.24) is 9.88 Å². The number of hydrogen-bond acceptors (Lipinski definition) is 4. The van der Waals surface area contributed by atoms with Crippen molar-refractivity contribution in [1.29, 1.82) is 0 Å². The Bertz CT molecular complexity index is 788. The molecule has 1 atom stereocenters. The van der Waals surface area contributed by atoms with Crippen LogP contribution in [0.4, 0.5) is 10.6 Å². The van der Waals surface area contributed by atoms with Crippen molar-refractivity contribution in [2.75, 3.05) is 24.5 Å². The lowest BCUT2D eigenvalue weighted by molar-refractivity contribution is 0.0679. The lowest BCUT2D eigenvalue weighted by atomic mass is 9.95. The number of anilines is 1. The number of likely N-dealkylation sites (tertiary alicyclic amines) is 1. The van der Waals surface area contributed by atoms with Gasteiger partial charge in [-0.3, -0.25) is 0 Å². The second-order valence-electron chi connectivity index (χ2n) is 8.06. The number of amides is 1. The quantitative estimate of drug-likeness (QED) is 0.705. The van der Waals surface area contributed by atoms with Gasteiger partial charge in [0.2, 0.25) is 0 Å². The Balaban J connectivity index is 1.52. The molecule has 1 aromatic carbocycles. The maximum Gasteiger partial charge on any atom is 0.410 e. The largest absolute Gasteiger partial charge is 0.445 e. The number of aromatic nitrogens is 1. The molecular weight excluding hydrogens is 362 g/mol. The summed E-state index contributed by atoms with van der Waals surface area (Å²) in [6.45, 7) is 3.16. The van der Waals surface area contributed by atoms with E-state index in [4.69, 9.17) is 9.72 Å². The van der Waals surface area contributed by atoms with Crippen LogP contribution in [0.15, 0.2) is 48.7 Å². The third kappa shape index (κ3) is 4.89. The monoisotopic (exact) mass is 393 g/mol. The second kappa shape index (κ2) is 9.77. The number of pyridine rings is 1. The maximum absolute atomic E-state index is 13.0. The van der Waals surface area contributed by atoms with Crippen LogP contribution in [0.3, 0.4) is 0 Å². The molecular formula is C24H31N3O2. The van der Waals surface area contributed by atoms with Crippen LogP contribution in [-0.2, 0) is 11.3 Å². The van der Waals surface area contributed by atoms with Crippen LogP contribution < -0.4 is 4.90 Å². The fourth-order valence-corrected chi connectivity index (χ4v) is 4.49. The van der Waals surface area contributed by atoms with Crippen molar-refractivity contribution < 1.29 is 9.53 Å². The van der Waals surface area contributed by atoms with Gasteiger partial charge < -0.3 is 14.5 Å². The highest BCUT2D eigenvalue weighted by atomic mass is 16.6. The summed E-state index contributed by atoms with van der Waals surface area (Å²) in [6, 6.07) is 14.1. The van der Waals surface area contributed by atoms with Gasteiger partial charge in [0.1, 0.15) is 12.4 Å². The minimum atomic E-state index is -0.218. The molecule has 0 radical (unpaired) electrons. The number of piperidine rings is 1. The first-order valence-corrected chi connectivity index (χ1v) is 11.0. The first kappa shape index (κ1) is 19.7. The molecule has 4 rings (SSSR count). The minimum absolute atomic E-state index is 0.0407. The summed E-state index contributed by atoms with van der Waals surface area (Å²) in [5.74, 6) is 1.06. The van der Waals surface area contributed by atoms with Gasteiger partial charge in [-0.15, -0.1) is 0 Å². The summed E-state index contributed by atoms with van der Waals surface area (Å²) in [6.07, 6.45) is 9.78. The molecule has 0 aliphatic carbocycles. The summed E-state index contributed by atoms with van der Waals surface area (Å²) in [7, 11) is 0. The predicted octanol–water partition coefficient (Wildman–Crippen LogP) is 5.33. The molecule has 5 nitrogen and oxygen atoms in total. The van der Waals surface area contributed by atoms with Crippen LogP contribution in [0.5, 0.6) is 0 Å². The number of carbonyl (C=O) groups is 1. The highest BCUT2D eigenvalue weighted by Gasteiger charge is 2.32. The van der Waals surface area contributed by atoms with Crippen molar-refractivity contribution >= 4 is 11.9 Å². The Morgan fingerprint density at radius 3 is 2.48 bits per heavy atom. The predicted molar refractivity (Wildman–Crippen MR) is 115 cm³/mol. The van der Waals surface area contributed by atoms with E-state index in [1.54, 1.807) is 0 Å². The van der Waals surface area contributed by atoms with Gasteiger partial charge >= 0.3 is 6.09 Å². The number of hydrogen-bond donors (Lipinski definition) is 0. The Morgan fingerprint density at radius 2 is 1.69 bits per heavy atom. The van der Waals surface area contributed by atoms with Gasteiger partial charge in [-0.2, -0.15) is 0 Å². The fourth-order valence-electron chi connectivity index (χ4n) is 4.49. The van der Waals surface area contributed by atoms with Gasteiger partial charge in [0.05, 0.1) is 6.04 Å². The molecule has 1 amide bonds. The van der Waals surface area contributed by atoms with Crippen LogP contribution in [0.1, 0.15) is 62.1 Å². The molecule has 2 aliphatic rings. The average molecular weight is 394 g/mol. The summed E-state index contributed by atoms with van der Waals surface area (Å²) < 4.78 is 5.68. The number of ether oxygens (including phenoxy) is 1. The van der Waals surface area contributed by atoms with Crippen molar-refractivity contribution in [3.05, 3.63) is 59.8 Å². The van der Waals surface area contributed by atoms with Crippen LogP contribution >= 0.6 is 0 Å². The van der Waals surface area contributed by atoms with Crippen LogP contribution in [0.25, 0.3) is 0 Å². The van der Waals surface area contributed by atoms with E-state index >= 15 is 0 Å². The first-order valence-electron chi connectivity index (χ1n) is 11.0. The summed E-state index contributed by atoms with van der Waals surface area (Å²) >= 11 is 0. The first-order chi connectivity index (χ1) is 14.3. The third-order valence-corrected chi connectivity index (χ3v) is 6.02. The van der Waals surface area contributed by atoms with Gasteiger partial charge in [0.25, 0.3) is 0 Å². The standard InChI is InChI=1S/C24H31N3O2/c28-24(29-19-20-11-4-3-5-12-20)27-18-9-6-14-22(27)21-13-10-15-25-23(21)26-16-7-1-2-8-17-26/h3-5,10-13,15,22H,1-2,6-9,14,16-19H2/t22-/m1/s1. The van der Waals surface area contributed by atoms with Crippen molar-refractivity contribution in [2.45, 2.75) is 57.6 Å². The normalized spacial score (nSPS) is 20.2. The summed E-state index contributed by atoms with van der Waals surface area (Å²) in [5.41, 5.74) is 2.19. The number of carbonyl (C=O) groups excluding carboxylic acids is 1. The third-order valence-electron chi connectivity index (χ3n) is 6.02. The van der Waals surface area contributed by atoms with E-state index in [1.807, 2.05) is 47.5 Å². The van der Waals surface area contributed by atoms with E-state index in [0.29, 0.717) is 6.61 Å². The Kier molecular flexibility index (Phi) is 6.65. The van der Waals surface area contributed by atoms with E-state index in [2.05, 4.69) is 11.0 Å². The zero-order valence-electron chi connectivity index (χ0n) is 17.1. The van der Waals surface area contributed by atoms with Crippen molar-refractivity contribution in [2.24, 2.45) is 0 Å². The van der Waals surface area contributed by atoms with Crippen molar-refractivity contribution in [3.63, 3.8) is 0 Å². The topological polar surface area (TPSA) is 45.7 Å². The van der Waals surface area contributed by atoms with Gasteiger partial charge in [-0.25, -0.2) is 9.78 Å². The van der Waals surface area contributed by atoms with E-state index in [1.165, 1.54) is 31.2 Å². The zero-order valence-corrected chi connectivity index (χ0v) is 17.1. The molecule has 1 aromatic heterocycles. The molecule has 29 heavy (non-hydrogen) atoms. The fraction of sp³-hybridized carbons (Fsp3) is 0.500. The lowest BCUT2D eigenvalue weighted by Gasteiger charge is -2.37. The minimum Gasteiger partial charge on any atom is -0.445 e. The molecule has 0 unspecified atom stereocenters. The molecule has 0 spiro atoms. The molecule has 2 fully saturated rings. The number of rotatable bonds is 4. The molecule has 0 saturated carbocycles. The molecule has 2 saturated heterocycles. The molecule has 0 bridgehead atoms. The van der Waals surface area contributed by atoms with Gasteiger partial charge in [-0.1, -0.05) is 49.2 Å². The van der Waals surface area contributed by atoms with Gasteiger partial charge in [0.15, 0.2) is 0 Å². The highest BCUT2D eigenvalue weighted by molar-refractivity contribution is 5.69. The van der Waals surface area contributed by atoms with Crippen LogP contribution in [-0.4, -0.2) is 35.6 Å². The molecule has 2 aromatic rings. The van der Waals surface area contributed by atoms with Crippen molar-refractivity contribution in [3.8, 4) is 0 Å². The van der Waals surface area contributed by atoms with Gasteiger partial charge in [0, 0.05) is 31.4 Å². The molecule has 0 N–H and O–H groups in total. The zero-order chi connectivity index (χ0) is 19.9. The van der Waals surface area contributed by atoms with E-state index in [9.17, 15) is 4.79 Å². The maximum atomic E-state index is 13.0. The average Bonchev–Trinajstić information content (AvgIpc) is 3.08. The smallest absolute Gasteiger partial charge is 0.410 e. The second-order valence-corrected chi connectivity index (χ2v) is 8.06. The Hall–Kier alpha value is -2.56. The summed E-state index contributed by atoms with van der Waals surface area (Å²) in [4.78, 5) is 22.1. The number of benzene rings is 1. The van der Waals surface area contributed by atoms with Crippen LogP contribution in [0, 0.1) is 0 Å². The molecule has 5 heteroatoms. The molecule has 3 heterocycles. The van der Waals surface area contributed by atoms with E-state index < -0.39 is 0 Å². The molecule has 154 valence electrons. The van der Waals surface area contributed by atoms with E-state index in [0.717, 1.165) is 50.3 Å². The van der Waals surface area contributed by atoms with E-state index in [-0.39, 0.29) is 12.1 Å². The Morgan fingerprint density at radius 1 is 0.931 bits per heavy atom.